The van der Waals surface area contributed by atoms with Gasteiger partial charge in [0.15, 0.2) is 11.6 Å². The lowest BCUT2D eigenvalue weighted by molar-refractivity contribution is 0.340. The van der Waals surface area contributed by atoms with Gasteiger partial charge in [0.2, 0.25) is 0 Å². The third-order valence-electron chi connectivity index (χ3n) is 5.36. The smallest absolute Gasteiger partial charge is 0.259 e. The molecule has 3 aromatic rings. The van der Waals surface area contributed by atoms with Crippen molar-refractivity contribution in [3.05, 3.63) is 58.8 Å². The van der Waals surface area contributed by atoms with Crippen molar-refractivity contribution in [3.8, 4) is 16.9 Å². The fraction of sp³-hybridized carbons (Fsp3) is 0.364. The van der Waals surface area contributed by atoms with E-state index in [1.54, 1.807) is 30.5 Å². The van der Waals surface area contributed by atoms with Crippen molar-refractivity contribution in [1.82, 2.24) is 14.3 Å². The lowest BCUT2D eigenvalue weighted by Gasteiger charge is -2.19. The van der Waals surface area contributed by atoms with Gasteiger partial charge in [-0.2, -0.15) is 0 Å². The largest absolute Gasteiger partial charge is 0.494 e. The number of halogens is 1. The molecule has 29 heavy (non-hydrogen) atoms. The zero-order valence-electron chi connectivity index (χ0n) is 16.9. The Hall–Kier alpha value is -2.93. The van der Waals surface area contributed by atoms with Gasteiger partial charge in [-0.25, -0.2) is 9.37 Å². The fourth-order valence-electron chi connectivity index (χ4n) is 3.98. The molecule has 4 rings (SSSR count). The summed E-state index contributed by atoms with van der Waals surface area (Å²) in [5.74, 6) is 1.06. The number of pyridine rings is 1. The second-order valence-corrected chi connectivity index (χ2v) is 7.81. The average molecular weight is 396 g/mol. The molecule has 1 aromatic carbocycles. The second kappa shape index (κ2) is 7.83. The first-order valence-electron chi connectivity index (χ1n) is 9.71. The van der Waals surface area contributed by atoms with Gasteiger partial charge in [0.1, 0.15) is 11.5 Å². The number of methoxy groups -OCH3 is 1. The minimum absolute atomic E-state index is 0.142. The standard InChI is InChI=1S/C22H25FN4O2/c1-25(2)12-15-8-9-26(13-15)21-11-22(28)27-14-17(5-7-20(27)24-21)16-4-6-19(29-3)18(23)10-16/h4-7,10-11,14-15H,8-9,12-13H2,1-3H3. The van der Waals surface area contributed by atoms with Crippen LogP contribution in [0, 0.1) is 11.7 Å². The molecule has 0 bridgehead atoms. The maximum absolute atomic E-state index is 14.1. The van der Waals surface area contributed by atoms with Crippen LogP contribution in [0.25, 0.3) is 16.8 Å². The quantitative estimate of drug-likeness (QED) is 0.664. The van der Waals surface area contributed by atoms with Crippen LogP contribution in [0.2, 0.25) is 0 Å². The molecular formula is C22H25FN4O2. The van der Waals surface area contributed by atoms with E-state index in [-0.39, 0.29) is 11.3 Å². The molecule has 0 N–H and O–H groups in total. The minimum Gasteiger partial charge on any atom is -0.494 e. The van der Waals surface area contributed by atoms with Crippen LogP contribution >= 0.6 is 0 Å². The van der Waals surface area contributed by atoms with E-state index in [4.69, 9.17) is 9.72 Å². The molecule has 3 heterocycles. The van der Waals surface area contributed by atoms with E-state index >= 15 is 0 Å². The number of rotatable bonds is 5. The van der Waals surface area contributed by atoms with Crippen LogP contribution in [0.15, 0.2) is 47.4 Å². The Kier molecular flexibility index (Phi) is 5.24. The monoisotopic (exact) mass is 396 g/mol. The van der Waals surface area contributed by atoms with Crippen LogP contribution in [-0.4, -0.2) is 55.1 Å². The van der Waals surface area contributed by atoms with Crippen LogP contribution in [0.4, 0.5) is 10.2 Å². The van der Waals surface area contributed by atoms with E-state index in [0.717, 1.165) is 37.4 Å². The SMILES string of the molecule is COc1ccc(-c2ccc3nc(N4CCC(CN(C)C)C4)cc(=O)n3c2)cc1F. The van der Waals surface area contributed by atoms with Gasteiger partial charge in [-0.05, 0) is 61.8 Å². The number of hydrogen-bond acceptors (Lipinski definition) is 5. The number of aromatic nitrogens is 2. The van der Waals surface area contributed by atoms with Crippen molar-refractivity contribution in [3.63, 3.8) is 0 Å². The number of fused-ring (bicyclic) bond motifs is 1. The molecule has 0 radical (unpaired) electrons. The highest BCUT2D eigenvalue weighted by Crippen LogP contribution is 2.26. The Morgan fingerprint density at radius 3 is 2.72 bits per heavy atom. The van der Waals surface area contributed by atoms with Gasteiger partial charge in [-0.1, -0.05) is 6.07 Å². The van der Waals surface area contributed by atoms with Gasteiger partial charge in [-0.15, -0.1) is 0 Å². The summed E-state index contributed by atoms with van der Waals surface area (Å²) in [4.78, 5) is 21.8. The Morgan fingerprint density at radius 1 is 1.21 bits per heavy atom. The number of ether oxygens (including phenoxy) is 1. The first-order chi connectivity index (χ1) is 13.9. The van der Waals surface area contributed by atoms with E-state index in [1.807, 2.05) is 6.07 Å². The molecule has 1 saturated heterocycles. The molecule has 2 aromatic heterocycles. The molecule has 0 aliphatic carbocycles. The molecule has 1 fully saturated rings. The van der Waals surface area contributed by atoms with E-state index in [2.05, 4.69) is 23.9 Å². The van der Waals surface area contributed by atoms with Crippen molar-refractivity contribution >= 4 is 11.5 Å². The van der Waals surface area contributed by atoms with Gasteiger partial charge in [0, 0.05) is 31.9 Å². The number of nitrogens with zero attached hydrogens (tertiary/aromatic N) is 4. The third-order valence-corrected chi connectivity index (χ3v) is 5.36. The topological polar surface area (TPSA) is 50.1 Å². The molecule has 0 saturated carbocycles. The summed E-state index contributed by atoms with van der Waals surface area (Å²) in [6, 6.07) is 9.99. The van der Waals surface area contributed by atoms with Crippen LogP contribution in [-0.2, 0) is 0 Å². The van der Waals surface area contributed by atoms with Gasteiger partial charge in [-0.3, -0.25) is 9.20 Å². The minimum atomic E-state index is -0.438. The Balaban J connectivity index is 1.64. The molecule has 1 atom stereocenters. The molecule has 1 aliphatic heterocycles. The van der Waals surface area contributed by atoms with Crippen LogP contribution in [0.3, 0.4) is 0 Å². The maximum Gasteiger partial charge on any atom is 0.259 e. The second-order valence-electron chi connectivity index (χ2n) is 7.81. The Morgan fingerprint density at radius 2 is 2.00 bits per heavy atom. The Bertz CT molecular complexity index is 1100. The first-order valence-corrected chi connectivity index (χ1v) is 9.71. The summed E-state index contributed by atoms with van der Waals surface area (Å²) in [6.07, 6.45) is 2.80. The van der Waals surface area contributed by atoms with E-state index in [0.29, 0.717) is 17.1 Å². The lowest BCUT2D eigenvalue weighted by Crippen LogP contribution is -2.27. The molecule has 1 aliphatic rings. The number of hydrogen-bond donors (Lipinski definition) is 0. The van der Waals surface area contributed by atoms with Gasteiger partial charge in [0.05, 0.1) is 7.11 Å². The van der Waals surface area contributed by atoms with E-state index < -0.39 is 5.82 Å². The summed E-state index contributed by atoms with van der Waals surface area (Å²) in [5, 5.41) is 0. The van der Waals surface area contributed by atoms with E-state index in [1.165, 1.54) is 17.6 Å². The predicted octanol–water partition coefficient (Wildman–Crippen LogP) is 2.90. The van der Waals surface area contributed by atoms with Crippen molar-refractivity contribution in [2.45, 2.75) is 6.42 Å². The van der Waals surface area contributed by atoms with Crippen molar-refractivity contribution < 1.29 is 9.13 Å². The van der Waals surface area contributed by atoms with Gasteiger partial charge in [0.25, 0.3) is 5.56 Å². The molecule has 0 spiro atoms. The molecular weight excluding hydrogens is 371 g/mol. The molecule has 1 unspecified atom stereocenters. The Labute approximate surface area is 169 Å². The summed E-state index contributed by atoms with van der Waals surface area (Å²) in [6.45, 7) is 2.85. The molecule has 152 valence electrons. The summed E-state index contributed by atoms with van der Waals surface area (Å²) in [7, 11) is 5.59. The molecule has 6 nitrogen and oxygen atoms in total. The lowest BCUT2D eigenvalue weighted by atomic mass is 10.1. The van der Waals surface area contributed by atoms with Gasteiger partial charge < -0.3 is 14.5 Å². The van der Waals surface area contributed by atoms with E-state index in [9.17, 15) is 9.18 Å². The van der Waals surface area contributed by atoms with Gasteiger partial charge >= 0.3 is 0 Å². The fourth-order valence-corrected chi connectivity index (χ4v) is 3.98. The number of benzene rings is 1. The molecule has 7 heteroatoms. The van der Waals surface area contributed by atoms with Crippen LogP contribution in [0.5, 0.6) is 5.75 Å². The normalized spacial score (nSPS) is 16.7. The average Bonchev–Trinajstić information content (AvgIpc) is 3.15. The first kappa shape index (κ1) is 19.4. The van der Waals surface area contributed by atoms with Crippen molar-refractivity contribution in [2.75, 3.05) is 45.7 Å². The maximum atomic E-state index is 14.1. The summed E-state index contributed by atoms with van der Waals surface area (Å²) >= 11 is 0. The number of anilines is 1. The summed E-state index contributed by atoms with van der Waals surface area (Å²) < 4.78 is 20.5. The zero-order valence-corrected chi connectivity index (χ0v) is 16.9. The molecule has 0 amide bonds. The summed E-state index contributed by atoms with van der Waals surface area (Å²) in [5.41, 5.74) is 1.85. The van der Waals surface area contributed by atoms with Crippen molar-refractivity contribution in [2.24, 2.45) is 5.92 Å². The highest BCUT2D eigenvalue weighted by Gasteiger charge is 2.24. The van der Waals surface area contributed by atoms with Crippen LogP contribution in [0.1, 0.15) is 6.42 Å². The van der Waals surface area contributed by atoms with Crippen molar-refractivity contribution in [1.29, 1.82) is 0 Å². The highest BCUT2D eigenvalue weighted by molar-refractivity contribution is 5.66. The zero-order chi connectivity index (χ0) is 20.5. The predicted molar refractivity (Wildman–Crippen MR) is 112 cm³/mol. The third kappa shape index (κ3) is 3.96. The van der Waals surface area contributed by atoms with Crippen LogP contribution < -0.4 is 15.2 Å². The highest BCUT2D eigenvalue weighted by atomic mass is 19.1.